The fourth-order valence-electron chi connectivity index (χ4n) is 2.47. The van der Waals surface area contributed by atoms with E-state index < -0.39 is 0 Å². The van der Waals surface area contributed by atoms with Crippen LogP contribution in [-0.2, 0) is 0 Å². The zero-order chi connectivity index (χ0) is 22.8. The van der Waals surface area contributed by atoms with Crippen LogP contribution < -0.4 is 11.1 Å². The minimum atomic E-state index is -0.191. The Labute approximate surface area is 175 Å². The molecule has 3 N–H and O–H groups in total. The highest BCUT2D eigenvalue weighted by atomic mass is 16.1. The van der Waals surface area contributed by atoms with E-state index in [9.17, 15) is 9.59 Å². The molecule has 0 aliphatic carbocycles. The normalized spacial score (nSPS) is 10.2. The highest BCUT2D eigenvalue weighted by Crippen LogP contribution is 2.17. The van der Waals surface area contributed by atoms with E-state index in [0.717, 1.165) is 11.4 Å². The van der Waals surface area contributed by atoms with Gasteiger partial charge in [-0.1, -0.05) is 55.4 Å². The Bertz CT molecular complexity index is 1150. The van der Waals surface area contributed by atoms with Crippen LogP contribution in [0.5, 0.6) is 0 Å². The second-order valence-corrected chi connectivity index (χ2v) is 6.48. The van der Waals surface area contributed by atoms with Crippen molar-refractivity contribution >= 4 is 16.7 Å². The van der Waals surface area contributed by atoms with Crippen LogP contribution in [-0.4, -0.2) is 39.7 Å². The van der Waals surface area contributed by atoms with Crippen LogP contribution in [0.4, 0.5) is 0 Å². The van der Waals surface area contributed by atoms with E-state index in [1.165, 1.54) is 12.7 Å². The predicted octanol–water partition coefficient (Wildman–Crippen LogP) is 3.36. The lowest BCUT2D eigenvalue weighted by molar-refractivity contribution is 0.800. The molecule has 0 spiro atoms. The molecule has 0 fully saturated rings. The van der Waals surface area contributed by atoms with Gasteiger partial charge in [0.1, 0.15) is 11.7 Å². The Morgan fingerprint density at radius 2 is 1.63 bits per heavy atom. The lowest BCUT2D eigenvalue weighted by atomic mass is 10.1. The molecule has 4 rings (SSSR count). The average Bonchev–Trinajstić information content (AvgIpc) is 3.39. The number of aromatic nitrogens is 8. The van der Waals surface area contributed by atoms with Gasteiger partial charge in [-0.15, -0.1) is 10.2 Å². The average molecular weight is 417 g/mol. The van der Waals surface area contributed by atoms with Gasteiger partial charge in [-0.05, 0) is 11.8 Å². The van der Waals surface area contributed by atoms with Crippen LogP contribution in [0.2, 0.25) is 0 Å². The van der Waals surface area contributed by atoms with Crippen LogP contribution in [0.15, 0.2) is 28.4 Å². The second kappa shape index (κ2) is 11.6. The van der Waals surface area contributed by atoms with Gasteiger partial charge in [0.05, 0.1) is 12.0 Å². The maximum absolute atomic E-state index is 11.4. The number of nitrogens with one attached hydrogen (secondary N) is 3. The first-order chi connectivity index (χ1) is 14.4. The number of H-pyrrole nitrogens is 3. The summed E-state index contributed by atoms with van der Waals surface area (Å²) in [5.41, 5.74) is 2.21. The van der Waals surface area contributed by atoms with Crippen molar-refractivity contribution in [2.24, 2.45) is 0 Å². The lowest BCUT2D eigenvalue weighted by Crippen LogP contribution is -2.13. The molecule has 0 radical (unpaired) electrons. The summed E-state index contributed by atoms with van der Waals surface area (Å²) >= 11 is 0. The largest absolute Gasteiger partial charge is 0.321 e. The van der Waals surface area contributed by atoms with Crippen LogP contribution >= 0.6 is 0 Å². The number of aromatic amines is 3. The maximum Gasteiger partial charge on any atom is 0.293 e. The van der Waals surface area contributed by atoms with Gasteiger partial charge in [-0.25, -0.2) is 4.98 Å². The molecule has 10 nitrogen and oxygen atoms in total. The van der Waals surface area contributed by atoms with Crippen LogP contribution in [0.1, 0.15) is 78.6 Å². The van der Waals surface area contributed by atoms with Gasteiger partial charge in [0.2, 0.25) is 5.65 Å². The fourth-order valence-corrected chi connectivity index (χ4v) is 2.47. The Balaban J connectivity index is 0.000000258. The lowest BCUT2D eigenvalue weighted by Gasteiger charge is -2.03. The van der Waals surface area contributed by atoms with Crippen molar-refractivity contribution in [1.29, 1.82) is 0 Å². The third-order valence-corrected chi connectivity index (χ3v) is 3.90. The number of rotatable bonds is 2. The van der Waals surface area contributed by atoms with Gasteiger partial charge < -0.3 is 9.97 Å². The first kappa shape index (κ1) is 24.7. The molecular formula is C20H32N8O2. The number of hydrogen-bond donors (Lipinski definition) is 3. The quantitative estimate of drug-likeness (QED) is 0.458. The van der Waals surface area contributed by atoms with E-state index in [1.807, 2.05) is 61.6 Å². The fraction of sp³-hybridized carbons (Fsp3) is 0.500. The molecule has 0 unspecified atom stereocenters. The molecule has 30 heavy (non-hydrogen) atoms. The van der Waals surface area contributed by atoms with Gasteiger partial charge >= 0.3 is 0 Å². The van der Waals surface area contributed by atoms with Crippen molar-refractivity contribution in [3.8, 4) is 0 Å². The van der Waals surface area contributed by atoms with E-state index in [-0.39, 0.29) is 17.0 Å². The monoisotopic (exact) mass is 416 g/mol. The molecule has 0 aliphatic rings. The number of fused-ring (bicyclic) bond motifs is 2. The minimum Gasteiger partial charge on any atom is -0.321 e. The molecule has 4 aromatic heterocycles. The topological polar surface area (TPSA) is 137 Å². The summed E-state index contributed by atoms with van der Waals surface area (Å²) < 4.78 is 1.63. The third-order valence-electron chi connectivity index (χ3n) is 3.90. The highest BCUT2D eigenvalue weighted by molar-refractivity contribution is 5.76. The maximum atomic E-state index is 11.4. The van der Waals surface area contributed by atoms with Gasteiger partial charge in [0.25, 0.3) is 11.1 Å². The van der Waals surface area contributed by atoms with Crippen LogP contribution in [0.25, 0.3) is 16.7 Å². The van der Waals surface area contributed by atoms with E-state index in [2.05, 4.69) is 35.3 Å². The van der Waals surface area contributed by atoms with Crippen molar-refractivity contribution < 1.29 is 0 Å². The van der Waals surface area contributed by atoms with Gasteiger partial charge in [0, 0.05) is 11.9 Å². The number of hydrogen-bond acceptors (Lipinski definition) is 6. The molecule has 0 amide bonds. The predicted molar refractivity (Wildman–Crippen MR) is 119 cm³/mol. The smallest absolute Gasteiger partial charge is 0.293 e. The molecule has 0 atom stereocenters. The molecule has 0 saturated carbocycles. The standard InChI is InChI=1S/2C8H10N4O.2C2H6/c1-5(2)6-3-12-4-9-11-7(12)8(13)10-6;1-4(2)6-5-7(12-11-6)9-3-10-8(5)13;2*1-2/h3-5H,1-2H3,(H,10,13);3-4H,1-2H3,(H2,9,10,11,12,13);2*1-2H3. The Morgan fingerprint density at radius 1 is 0.967 bits per heavy atom. The van der Waals surface area contributed by atoms with E-state index in [1.54, 1.807) is 4.40 Å². The summed E-state index contributed by atoms with van der Waals surface area (Å²) in [6.45, 7) is 16.0. The van der Waals surface area contributed by atoms with Crippen molar-refractivity contribution in [2.75, 3.05) is 0 Å². The molecule has 0 aliphatic heterocycles. The number of nitrogens with zero attached hydrogens (tertiary/aromatic N) is 5. The third kappa shape index (κ3) is 5.62. The van der Waals surface area contributed by atoms with Crippen molar-refractivity contribution in [3.63, 3.8) is 0 Å². The molecule has 4 aromatic rings. The van der Waals surface area contributed by atoms with E-state index in [4.69, 9.17) is 0 Å². The summed E-state index contributed by atoms with van der Waals surface area (Å²) in [5.74, 6) is 0.537. The minimum absolute atomic E-state index is 0.137. The Kier molecular flexibility index (Phi) is 9.60. The summed E-state index contributed by atoms with van der Waals surface area (Å²) in [6.07, 6.45) is 4.72. The summed E-state index contributed by atoms with van der Waals surface area (Å²) in [6, 6.07) is 0. The molecule has 0 saturated heterocycles. The molecule has 0 bridgehead atoms. The van der Waals surface area contributed by atoms with E-state index >= 15 is 0 Å². The molecule has 4 heterocycles. The second-order valence-electron chi connectivity index (χ2n) is 6.48. The van der Waals surface area contributed by atoms with Gasteiger partial charge in [-0.3, -0.25) is 19.1 Å². The Hall–Kier alpha value is -3.30. The highest BCUT2D eigenvalue weighted by Gasteiger charge is 2.12. The SMILES string of the molecule is CC.CC.CC(C)c1[nH]nc2nc[nH]c(=O)c12.CC(C)c1cn2cnnc2c(=O)[nH]1. The molecule has 164 valence electrons. The molecule has 0 aromatic carbocycles. The first-order valence-corrected chi connectivity index (χ1v) is 10.2. The van der Waals surface area contributed by atoms with Gasteiger partial charge in [-0.2, -0.15) is 5.10 Å². The van der Waals surface area contributed by atoms with Crippen molar-refractivity contribution in [2.45, 2.75) is 67.2 Å². The van der Waals surface area contributed by atoms with E-state index in [0.29, 0.717) is 22.6 Å². The zero-order valence-corrected chi connectivity index (χ0v) is 18.9. The zero-order valence-electron chi connectivity index (χ0n) is 18.9. The summed E-state index contributed by atoms with van der Waals surface area (Å²) in [7, 11) is 0. The van der Waals surface area contributed by atoms with Gasteiger partial charge in [0.15, 0.2) is 5.65 Å². The summed E-state index contributed by atoms with van der Waals surface area (Å²) in [5, 5.41) is 14.7. The van der Waals surface area contributed by atoms with Crippen molar-refractivity contribution in [1.82, 2.24) is 39.7 Å². The van der Waals surface area contributed by atoms with Crippen LogP contribution in [0, 0.1) is 0 Å². The van der Waals surface area contributed by atoms with Crippen molar-refractivity contribution in [3.05, 3.63) is 50.9 Å². The molecule has 10 heteroatoms. The summed E-state index contributed by atoms with van der Waals surface area (Å²) in [4.78, 5) is 32.0. The first-order valence-electron chi connectivity index (χ1n) is 10.2. The molecular weight excluding hydrogens is 384 g/mol. The Morgan fingerprint density at radius 3 is 2.23 bits per heavy atom. The van der Waals surface area contributed by atoms with Crippen LogP contribution in [0.3, 0.4) is 0 Å².